The minimum Gasteiger partial charge on any atom is -0.340 e. The Kier molecular flexibility index (Phi) is 5.29. The van der Waals surface area contributed by atoms with Crippen molar-refractivity contribution >= 4 is 17.6 Å². The highest BCUT2D eigenvalue weighted by atomic mass is 16.2. The Morgan fingerprint density at radius 1 is 1.30 bits per heavy atom. The minimum atomic E-state index is -0.249. The van der Waals surface area contributed by atoms with Crippen LogP contribution < -0.4 is 10.6 Å². The first-order valence-corrected chi connectivity index (χ1v) is 8.21. The van der Waals surface area contributed by atoms with Crippen LogP contribution in [0.25, 0.3) is 0 Å². The van der Waals surface area contributed by atoms with Gasteiger partial charge in [-0.15, -0.1) is 0 Å². The number of anilines is 1. The summed E-state index contributed by atoms with van der Waals surface area (Å²) in [6, 6.07) is 7.38. The highest BCUT2D eigenvalue weighted by molar-refractivity contribution is 5.91. The standard InChI is InChI=1S/C18H27N3O2/c1-5-13-8-6-7-9-15(13)20-17(23)19-14-10-16(22)21(11-14)12-18(2,3)4/h6-9,14H,5,10-12H2,1-4H3,(H2,19,20,23). The molecule has 1 fully saturated rings. The van der Waals surface area contributed by atoms with Crippen molar-refractivity contribution in [1.82, 2.24) is 10.2 Å². The second-order valence-electron chi connectivity index (χ2n) is 7.35. The number of aryl methyl sites for hydroxylation is 1. The Balaban J connectivity index is 1.90. The van der Waals surface area contributed by atoms with Crippen molar-refractivity contribution in [3.05, 3.63) is 29.8 Å². The van der Waals surface area contributed by atoms with E-state index in [0.29, 0.717) is 19.5 Å². The molecule has 5 heteroatoms. The van der Waals surface area contributed by atoms with Crippen molar-refractivity contribution in [3.63, 3.8) is 0 Å². The molecule has 1 atom stereocenters. The number of hydrogen-bond donors (Lipinski definition) is 2. The van der Waals surface area contributed by atoms with Crippen LogP contribution in [0.1, 0.15) is 39.7 Å². The molecule has 1 aromatic rings. The van der Waals surface area contributed by atoms with Crippen molar-refractivity contribution < 1.29 is 9.59 Å². The Morgan fingerprint density at radius 2 is 2.00 bits per heavy atom. The monoisotopic (exact) mass is 317 g/mol. The van der Waals surface area contributed by atoms with Gasteiger partial charge in [0.2, 0.25) is 5.91 Å². The predicted molar refractivity (Wildman–Crippen MR) is 92.4 cm³/mol. The van der Waals surface area contributed by atoms with Gasteiger partial charge in [0.1, 0.15) is 0 Å². The molecule has 1 saturated heterocycles. The fourth-order valence-corrected chi connectivity index (χ4v) is 2.89. The molecule has 2 N–H and O–H groups in total. The van der Waals surface area contributed by atoms with E-state index >= 15 is 0 Å². The first-order chi connectivity index (χ1) is 10.8. The first-order valence-electron chi connectivity index (χ1n) is 8.21. The normalized spacial score (nSPS) is 18.2. The molecule has 1 aromatic carbocycles. The zero-order valence-electron chi connectivity index (χ0n) is 14.5. The van der Waals surface area contributed by atoms with Crippen molar-refractivity contribution in [3.8, 4) is 0 Å². The van der Waals surface area contributed by atoms with E-state index < -0.39 is 0 Å². The van der Waals surface area contributed by atoms with Crippen molar-refractivity contribution in [2.45, 2.75) is 46.6 Å². The summed E-state index contributed by atoms with van der Waals surface area (Å²) in [7, 11) is 0. The van der Waals surface area contributed by atoms with Crippen LogP contribution in [0.4, 0.5) is 10.5 Å². The lowest BCUT2D eigenvalue weighted by Gasteiger charge is -2.26. The number of likely N-dealkylation sites (tertiary alicyclic amines) is 1. The molecule has 126 valence electrons. The van der Waals surface area contributed by atoms with E-state index in [1.54, 1.807) is 0 Å². The van der Waals surface area contributed by atoms with Crippen LogP contribution in [0.15, 0.2) is 24.3 Å². The highest BCUT2D eigenvalue weighted by Gasteiger charge is 2.32. The number of benzene rings is 1. The van der Waals surface area contributed by atoms with E-state index in [-0.39, 0.29) is 23.4 Å². The Bertz CT molecular complexity index is 578. The van der Waals surface area contributed by atoms with Gasteiger partial charge in [0.15, 0.2) is 0 Å². The number of rotatable bonds is 4. The lowest BCUT2D eigenvalue weighted by molar-refractivity contribution is -0.128. The molecule has 2 rings (SSSR count). The summed E-state index contributed by atoms with van der Waals surface area (Å²) in [4.78, 5) is 26.1. The van der Waals surface area contributed by atoms with Gasteiger partial charge in [-0.25, -0.2) is 4.79 Å². The van der Waals surface area contributed by atoms with E-state index in [9.17, 15) is 9.59 Å². The summed E-state index contributed by atoms with van der Waals surface area (Å²) in [6.45, 7) is 9.67. The lowest BCUT2D eigenvalue weighted by atomic mass is 9.96. The van der Waals surface area contributed by atoms with Crippen molar-refractivity contribution in [2.24, 2.45) is 5.41 Å². The van der Waals surface area contributed by atoms with Gasteiger partial charge in [-0.2, -0.15) is 0 Å². The molecule has 0 saturated carbocycles. The third-order valence-electron chi connectivity index (χ3n) is 3.86. The second-order valence-corrected chi connectivity index (χ2v) is 7.35. The van der Waals surface area contributed by atoms with Crippen LogP contribution in [0.2, 0.25) is 0 Å². The van der Waals surface area contributed by atoms with Crippen LogP contribution in [0.3, 0.4) is 0 Å². The first kappa shape index (κ1) is 17.3. The number of hydrogen-bond acceptors (Lipinski definition) is 2. The van der Waals surface area contributed by atoms with Gasteiger partial charge < -0.3 is 15.5 Å². The summed E-state index contributed by atoms with van der Waals surface area (Å²) >= 11 is 0. The third-order valence-corrected chi connectivity index (χ3v) is 3.86. The second kappa shape index (κ2) is 7.02. The zero-order valence-corrected chi connectivity index (χ0v) is 14.5. The molecular formula is C18H27N3O2. The summed E-state index contributed by atoms with van der Waals surface area (Å²) in [5.41, 5.74) is 1.98. The average Bonchev–Trinajstić information content (AvgIpc) is 2.77. The average molecular weight is 317 g/mol. The highest BCUT2D eigenvalue weighted by Crippen LogP contribution is 2.20. The Hall–Kier alpha value is -2.04. The topological polar surface area (TPSA) is 61.4 Å². The van der Waals surface area contributed by atoms with E-state index in [1.807, 2.05) is 29.2 Å². The quantitative estimate of drug-likeness (QED) is 0.896. The molecule has 1 heterocycles. The predicted octanol–water partition coefficient (Wildman–Crippen LogP) is 3.02. The number of carbonyl (C=O) groups is 2. The van der Waals surface area contributed by atoms with Gasteiger partial charge >= 0.3 is 6.03 Å². The van der Waals surface area contributed by atoms with Gasteiger partial charge in [-0.3, -0.25) is 4.79 Å². The van der Waals surface area contributed by atoms with Crippen LogP contribution in [-0.2, 0) is 11.2 Å². The van der Waals surface area contributed by atoms with Crippen molar-refractivity contribution in [2.75, 3.05) is 18.4 Å². The molecular weight excluding hydrogens is 290 g/mol. The molecule has 23 heavy (non-hydrogen) atoms. The van der Waals surface area contributed by atoms with E-state index in [0.717, 1.165) is 17.7 Å². The molecule has 0 radical (unpaired) electrons. The molecule has 0 aromatic heterocycles. The smallest absolute Gasteiger partial charge is 0.319 e. The maximum absolute atomic E-state index is 12.2. The van der Waals surface area contributed by atoms with Crippen molar-refractivity contribution in [1.29, 1.82) is 0 Å². The number of para-hydroxylation sites is 1. The van der Waals surface area contributed by atoms with E-state index in [1.165, 1.54) is 0 Å². The van der Waals surface area contributed by atoms with E-state index in [4.69, 9.17) is 0 Å². The number of nitrogens with one attached hydrogen (secondary N) is 2. The fraction of sp³-hybridized carbons (Fsp3) is 0.556. The molecule has 0 spiro atoms. The largest absolute Gasteiger partial charge is 0.340 e. The fourth-order valence-electron chi connectivity index (χ4n) is 2.89. The summed E-state index contributed by atoms with van der Waals surface area (Å²) in [5, 5.41) is 5.80. The maximum Gasteiger partial charge on any atom is 0.319 e. The van der Waals surface area contributed by atoms with Crippen LogP contribution >= 0.6 is 0 Å². The third kappa shape index (κ3) is 4.98. The zero-order chi connectivity index (χ0) is 17.0. The molecule has 1 unspecified atom stereocenters. The van der Waals surface area contributed by atoms with Crippen LogP contribution in [0, 0.1) is 5.41 Å². The van der Waals surface area contributed by atoms with Gasteiger partial charge in [0.25, 0.3) is 0 Å². The van der Waals surface area contributed by atoms with Gasteiger partial charge in [-0.05, 0) is 23.5 Å². The van der Waals surface area contributed by atoms with E-state index in [2.05, 4.69) is 38.3 Å². The summed E-state index contributed by atoms with van der Waals surface area (Å²) in [5.74, 6) is 0.110. The van der Waals surface area contributed by atoms with Gasteiger partial charge in [-0.1, -0.05) is 45.9 Å². The number of nitrogens with zero attached hydrogens (tertiary/aromatic N) is 1. The Labute approximate surface area is 138 Å². The summed E-state index contributed by atoms with van der Waals surface area (Å²) in [6.07, 6.45) is 1.23. The lowest BCUT2D eigenvalue weighted by Crippen LogP contribution is -2.41. The molecule has 5 nitrogen and oxygen atoms in total. The number of carbonyl (C=O) groups excluding carboxylic acids is 2. The molecule has 3 amide bonds. The Morgan fingerprint density at radius 3 is 2.65 bits per heavy atom. The summed E-state index contributed by atoms with van der Waals surface area (Å²) < 4.78 is 0. The molecule has 1 aliphatic heterocycles. The van der Waals surface area contributed by atoms with Crippen LogP contribution in [0.5, 0.6) is 0 Å². The number of urea groups is 1. The molecule has 0 aliphatic carbocycles. The van der Waals surface area contributed by atoms with Gasteiger partial charge in [0.05, 0.1) is 6.04 Å². The number of amides is 3. The minimum absolute atomic E-state index is 0.0624. The van der Waals surface area contributed by atoms with Crippen LogP contribution in [-0.4, -0.2) is 36.0 Å². The van der Waals surface area contributed by atoms with Gasteiger partial charge in [0, 0.05) is 25.2 Å². The maximum atomic E-state index is 12.2. The SMILES string of the molecule is CCc1ccccc1NC(=O)NC1CC(=O)N(CC(C)(C)C)C1. The molecule has 1 aliphatic rings. The molecule has 0 bridgehead atoms.